The Balaban J connectivity index is 1.88. The zero-order valence-corrected chi connectivity index (χ0v) is 8.33. The van der Waals surface area contributed by atoms with Gasteiger partial charge in [0, 0.05) is 18.9 Å². The third-order valence-corrected chi connectivity index (χ3v) is 2.58. The molecule has 0 bridgehead atoms. The van der Waals surface area contributed by atoms with Crippen molar-refractivity contribution in [1.29, 1.82) is 0 Å². The van der Waals surface area contributed by atoms with Gasteiger partial charge in [-0.2, -0.15) is 0 Å². The molecule has 0 saturated carbocycles. The molecule has 0 amide bonds. The predicted octanol–water partition coefficient (Wildman–Crippen LogP) is 0.470. The normalized spacial score (nSPS) is 21.6. The van der Waals surface area contributed by atoms with Gasteiger partial charge < -0.3 is 15.5 Å². The Morgan fingerprint density at radius 3 is 3.29 bits per heavy atom. The highest BCUT2D eigenvalue weighted by Crippen LogP contribution is 2.11. The number of oxazole rings is 1. The van der Waals surface area contributed by atoms with Gasteiger partial charge in [-0.15, -0.1) is 0 Å². The van der Waals surface area contributed by atoms with Crippen LogP contribution in [0.25, 0.3) is 0 Å². The molecule has 4 heteroatoms. The molecule has 1 aliphatic rings. The second-order valence-electron chi connectivity index (χ2n) is 3.77. The fourth-order valence-corrected chi connectivity index (χ4v) is 1.85. The van der Waals surface area contributed by atoms with Crippen molar-refractivity contribution in [3.63, 3.8) is 0 Å². The number of rotatable bonds is 4. The molecule has 1 aliphatic heterocycles. The predicted molar refractivity (Wildman–Crippen MR) is 54.0 cm³/mol. The van der Waals surface area contributed by atoms with Crippen LogP contribution in [0, 0.1) is 0 Å². The van der Waals surface area contributed by atoms with Gasteiger partial charge in [-0.05, 0) is 25.9 Å². The number of nitrogens with one attached hydrogen (secondary N) is 1. The van der Waals surface area contributed by atoms with Crippen LogP contribution in [0.2, 0.25) is 0 Å². The first-order valence-corrected chi connectivity index (χ1v) is 5.25. The molecule has 78 valence electrons. The average molecular weight is 195 g/mol. The van der Waals surface area contributed by atoms with Crippen LogP contribution in [-0.2, 0) is 12.8 Å². The number of nitrogens with zero attached hydrogens (tertiary/aromatic N) is 1. The van der Waals surface area contributed by atoms with Crippen LogP contribution < -0.4 is 11.1 Å². The first-order chi connectivity index (χ1) is 6.88. The van der Waals surface area contributed by atoms with Crippen LogP contribution in [0.3, 0.4) is 0 Å². The summed E-state index contributed by atoms with van der Waals surface area (Å²) in [5, 5.41) is 3.42. The maximum atomic E-state index is 5.44. The minimum absolute atomic E-state index is 0.555. The van der Waals surface area contributed by atoms with Crippen LogP contribution in [-0.4, -0.2) is 24.1 Å². The fourth-order valence-electron chi connectivity index (χ4n) is 1.85. The Morgan fingerprint density at radius 2 is 2.57 bits per heavy atom. The van der Waals surface area contributed by atoms with Crippen molar-refractivity contribution in [3.8, 4) is 0 Å². The molecule has 1 fully saturated rings. The molecule has 4 nitrogen and oxygen atoms in total. The SMILES string of the molecule is NCCc1coc(CC2CCCN2)n1. The maximum absolute atomic E-state index is 5.44. The summed E-state index contributed by atoms with van der Waals surface area (Å²) < 4.78 is 5.37. The molecule has 14 heavy (non-hydrogen) atoms. The molecule has 1 atom stereocenters. The van der Waals surface area contributed by atoms with E-state index in [1.54, 1.807) is 6.26 Å². The highest BCUT2D eigenvalue weighted by Gasteiger charge is 2.16. The summed E-state index contributed by atoms with van der Waals surface area (Å²) in [5.74, 6) is 0.841. The first-order valence-electron chi connectivity index (χ1n) is 5.25. The van der Waals surface area contributed by atoms with Crippen molar-refractivity contribution >= 4 is 0 Å². The van der Waals surface area contributed by atoms with Crippen LogP contribution in [0.5, 0.6) is 0 Å². The summed E-state index contributed by atoms with van der Waals surface area (Å²) in [7, 11) is 0. The smallest absolute Gasteiger partial charge is 0.195 e. The van der Waals surface area contributed by atoms with E-state index in [0.717, 1.165) is 31.0 Å². The molecule has 1 saturated heterocycles. The monoisotopic (exact) mass is 195 g/mol. The summed E-state index contributed by atoms with van der Waals surface area (Å²) >= 11 is 0. The molecular weight excluding hydrogens is 178 g/mol. The molecule has 3 N–H and O–H groups in total. The first kappa shape index (κ1) is 9.68. The Morgan fingerprint density at radius 1 is 1.64 bits per heavy atom. The van der Waals surface area contributed by atoms with Gasteiger partial charge >= 0.3 is 0 Å². The van der Waals surface area contributed by atoms with Crippen molar-refractivity contribution in [3.05, 3.63) is 17.8 Å². The van der Waals surface area contributed by atoms with Crippen LogP contribution in [0.1, 0.15) is 24.4 Å². The summed E-state index contributed by atoms with van der Waals surface area (Å²) in [6.45, 7) is 1.76. The topological polar surface area (TPSA) is 64.1 Å². The van der Waals surface area contributed by atoms with Crippen LogP contribution in [0.15, 0.2) is 10.7 Å². The van der Waals surface area contributed by atoms with Gasteiger partial charge in [-0.3, -0.25) is 0 Å². The Labute approximate surface area is 83.9 Å². The van der Waals surface area contributed by atoms with E-state index in [0.29, 0.717) is 12.6 Å². The van der Waals surface area contributed by atoms with E-state index in [1.807, 2.05) is 0 Å². The number of hydrogen-bond acceptors (Lipinski definition) is 4. The van der Waals surface area contributed by atoms with E-state index in [2.05, 4.69) is 10.3 Å². The molecule has 2 rings (SSSR count). The van der Waals surface area contributed by atoms with Gasteiger partial charge in [0.05, 0.1) is 5.69 Å². The van der Waals surface area contributed by atoms with Crippen molar-refractivity contribution in [2.75, 3.05) is 13.1 Å². The van der Waals surface area contributed by atoms with Crippen molar-refractivity contribution in [1.82, 2.24) is 10.3 Å². The van der Waals surface area contributed by atoms with E-state index in [9.17, 15) is 0 Å². The number of nitrogens with two attached hydrogens (primary N) is 1. The highest BCUT2D eigenvalue weighted by molar-refractivity contribution is 4.99. The lowest BCUT2D eigenvalue weighted by Crippen LogP contribution is -2.23. The summed E-state index contributed by atoms with van der Waals surface area (Å²) in [6, 6.07) is 0.555. The summed E-state index contributed by atoms with van der Waals surface area (Å²) in [6.07, 6.45) is 5.93. The van der Waals surface area contributed by atoms with Crippen molar-refractivity contribution < 1.29 is 4.42 Å². The van der Waals surface area contributed by atoms with Crippen molar-refractivity contribution in [2.24, 2.45) is 5.73 Å². The van der Waals surface area contributed by atoms with Gasteiger partial charge in [-0.1, -0.05) is 0 Å². The number of hydrogen-bond donors (Lipinski definition) is 2. The molecule has 1 unspecified atom stereocenters. The third kappa shape index (κ3) is 2.33. The van der Waals surface area contributed by atoms with Gasteiger partial charge in [0.2, 0.25) is 0 Å². The Bertz CT molecular complexity index is 279. The fraction of sp³-hybridized carbons (Fsp3) is 0.700. The Hall–Kier alpha value is -0.870. The third-order valence-electron chi connectivity index (χ3n) is 2.58. The number of aromatic nitrogens is 1. The standard InChI is InChI=1S/C10H17N3O/c11-4-3-9-7-14-10(13-9)6-8-2-1-5-12-8/h7-8,12H,1-6,11H2. The average Bonchev–Trinajstić information content (AvgIpc) is 2.79. The zero-order valence-electron chi connectivity index (χ0n) is 8.33. The van der Waals surface area contributed by atoms with Crippen LogP contribution >= 0.6 is 0 Å². The zero-order chi connectivity index (χ0) is 9.80. The Kier molecular flexibility index (Phi) is 3.16. The van der Waals surface area contributed by atoms with E-state index in [-0.39, 0.29) is 0 Å². The summed E-state index contributed by atoms with van der Waals surface area (Å²) in [5.41, 5.74) is 6.41. The minimum atomic E-state index is 0.555. The van der Waals surface area contributed by atoms with Gasteiger partial charge in [0.25, 0.3) is 0 Å². The quantitative estimate of drug-likeness (QED) is 0.733. The van der Waals surface area contributed by atoms with Crippen molar-refractivity contribution in [2.45, 2.75) is 31.7 Å². The minimum Gasteiger partial charge on any atom is -0.449 e. The van der Waals surface area contributed by atoms with E-state index < -0.39 is 0 Å². The molecule has 2 heterocycles. The molecule has 0 radical (unpaired) electrons. The lowest BCUT2D eigenvalue weighted by atomic mass is 10.1. The highest BCUT2D eigenvalue weighted by atomic mass is 16.3. The van der Waals surface area contributed by atoms with E-state index in [4.69, 9.17) is 10.2 Å². The van der Waals surface area contributed by atoms with Gasteiger partial charge in [-0.25, -0.2) is 4.98 Å². The molecule has 1 aromatic rings. The summed E-state index contributed by atoms with van der Waals surface area (Å²) in [4.78, 5) is 4.38. The molecule has 0 aliphatic carbocycles. The maximum Gasteiger partial charge on any atom is 0.195 e. The second kappa shape index (κ2) is 4.57. The second-order valence-corrected chi connectivity index (χ2v) is 3.77. The van der Waals surface area contributed by atoms with Gasteiger partial charge in [0.1, 0.15) is 6.26 Å². The molecule has 0 aromatic carbocycles. The van der Waals surface area contributed by atoms with E-state index in [1.165, 1.54) is 12.8 Å². The molecular formula is C10H17N3O. The van der Waals surface area contributed by atoms with Gasteiger partial charge in [0.15, 0.2) is 5.89 Å². The lowest BCUT2D eigenvalue weighted by molar-refractivity contribution is 0.456. The van der Waals surface area contributed by atoms with Crippen LogP contribution in [0.4, 0.5) is 0 Å². The lowest BCUT2D eigenvalue weighted by Gasteiger charge is -2.05. The van der Waals surface area contributed by atoms with E-state index >= 15 is 0 Å². The molecule has 1 aromatic heterocycles. The molecule has 0 spiro atoms. The largest absolute Gasteiger partial charge is 0.449 e.